The zero-order valence-electron chi connectivity index (χ0n) is 10.9. The van der Waals surface area contributed by atoms with E-state index in [-0.39, 0.29) is 11.3 Å². The fourth-order valence-electron chi connectivity index (χ4n) is 1.45. The number of hydrogen-bond donors (Lipinski definition) is 1. The van der Waals surface area contributed by atoms with Crippen molar-refractivity contribution in [2.24, 2.45) is 0 Å². The Morgan fingerprint density at radius 2 is 2.10 bits per heavy atom. The van der Waals surface area contributed by atoms with Crippen LogP contribution in [0.4, 0.5) is 5.95 Å². The number of rotatable bonds is 7. The third kappa shape index (κ3) is 4.77. The molecule has 0 fully saturated rings. The molecule has 0 aliphatic heterocycles. The molecule has 8 heteroatoms. The summed E-state index contributed by atoms with van der Waals surface area (Å²) < 4.78 is 6.13. The van der Waals surface area contributed by atoms with Gasteiger partial charge in [-0.3, -0.25) is 0 Å². The van der Waals surface area contributed by atoms with Crippen molar-refractivity contribution in [3.8, 4) is 6.01 Å². The number of thiophene rings is 1. The van der Waals surface area contributed by atoms with Gasteiger partial charge in [-0.05, 0) is 36.6 Å². The Morgan fingerprint density at radius 1 is 1.25 bits per heavy atom. The maximum atomic E-state index is 5.88. The van der Waals surface area contributed by atoms with E-state index in [1.54, 1.807) is 11.3 Å². The van der Waals surface area contributed by atoms with E-state index in [4.69, 9.17) is 27.9 Å². The van der Waals surface area contributed by atoms with Gasteiger partial charge in [-0.25, -0.2) is 0 Å². The minimum atomic E-state index is 0.118. The molecule has 108 valence electrons. The molecule has 2 aromatic rings. The van der Waals surface area contributed by atoms with Crippen LogP contribution >= 0.6 is 34.5 Å². The Bertz CT molecular complexity index is 564. The lowest BCUT2D eigenvalue weighted by Gasteiger charge is -2.06. The number of nitrogens with zero attached hydrogens (tertiary/aromatic N) is 3. The maximum Gasteiger partial charge on any atom is 0.322 e. The van der Waals surface area contributed by atoms with Gasteiger partial charge in [0.1, 0.15) is 0 Å². The normalized spacial score (nSPS) is 10.6. The first kappa shape index (κ1) is 15.3. The summed E-state index contributed by atoms with van der Waals surface area (Å²) >= 11 is 13.3. The molecule has 0 unspecified atom stereocenters. The van der Waals surface area contributed by atoms with Crippen molar-refractivity contribution in [3.05, 3.63) is 26.6 Å². The van der Waals surface area contributed by atoms with Crippen molar-refractivity contribution in [1.29, 1.82) is 0 Å². The minimum Gasteiger partial charge on any atom is -0.463 e. The molecule has 0 saturated carbocycles. The molecule has 0 atom stereocenters. The highest BCUT2D eigenvalue weighted by Gasteiger charge is 2.06. The van der Waals surface area contributed by atoms with Gasteiger partial charge < -0.3 is 10.1 Å². The summed E-state index contributed by atoms with van der Waals surface area (Å²) in [6, 6.07) is 4.14. The van der Waals surface area contributed by atoms with E-state index in [0.29, 0.717) is 19.1 Å². The van der Waals surface area contributed by atoms with Crippen molar-refractivity contribution in [2.45, 2.75) is 19.8 Å². The van der Waals surface area contributed by atoms with E-state index in [1.165, 1.54) is 4.88 Å². The van der Waals surface area contributed by atoms with Crippen LogP contribution in [0.5, 0.6) is 6.01 Å². The van der Waals surface area contributed by atoms with E-state index < -0.39 is 0 Å². The van der Waals surface area contributed by atoms with Crippen molar-refractivity contribution in [1.82, 2.24) is 15.0 Å². The zero-order chi connectivity index (χ0) is 14.4. The summed E-state index contributed by atoms with van der Waals surface area (Å²) in [6.07, 6.45) is 1.72. The molecule has 0 radical (unpaired) electrons. The van der Waals surface area contributed by atoms with Gasteiger partial charge in [0.05, 0.1) is 10.9 Å². The number of aromatic nitrogens is 3. The lowest BCUT2D eigenvalue weighted by atomic mass is 10.3. The Kier molecular flexibility index (Phi) is 5.82. The molecule has 20 heavy (non-hydrogen) atoms. The number of hydrogen-bond acceptors (Lipinski definition) is 6. The summed E-state index contributed by atoms with van der Waals surface area (Å²) in [5.74, 6) is 0.416. The summed E-state index contributed by atoms with van der Waals surface area (Å²) in [4.78, 5) is 13.3. The second-order valence-electron chi connectivity index (χ2n) is 3.94. The molecule has 2 heterocycles. The monoisotopic (exact) mass is 332 g/mol. The van der Waals surface area contributed by atoms with E-state index in [9.17, 15) is 0 Å². The lowest BCUT2D eigenvalue weighted by molar-refractivity contribution is 0.291. The lowest BCUT2D eigenvalue weighted by Crippen LogP contribution is -2.10. The van der Waals surface area contributed by atoms with Gasteiger partial charge in [-0.2, -0.15) is 15.0 Å². The summed E-state index contributed by atoms with van der Waals surface area (Å²) in [7, 11) is 0. The molecular formula is C12H14Cl2N4OS. The van der Waals surface area contributed by atoms with Crippen LogP contribution in [0, 0.1) is 0 Å². The molecule has 0 bridgehead atoms. The number of nitrogens with one attached hydrogen (secondary N) is 1. The summed E-state index contributed by atoms with van der Waals surface area (Å²) in [5.41, 5.74) is 0. The summed E-state index contributed by atoms with van der Waals surface area (Å²) in [5, 5.41) is 3.22. The van der Waals surface area contributed by atoms with Gasteiger partial charge in [0.2, 0.25) is 11.2 Å². The second-order valence-corrected chi connectivity index (χ2v) is 6.08. The van der Waals surface area contributed by atoms with Crippen molar-refractivity contribution in [2.75, 3.05) is 18.5 Å². The van der Waals surface area contributed by atoms with Crippen LogP contribution in [0.2, 0.25) is 9.62 Å². The molecule has 0 spiro atoms. The predicted octanol–water partition coefficient (Wildman–Crippen LogP) is 3.68. The second kappa shape index (κ2) is 7.61. The van der Waals surface area contributed by atoms with Crippen molar-refractivity contribution in [3.63, 3.8) is 0 Å². The molecule has 0 aliphatic rings. The van der Waals surface area contributed by atoms with Gasteiger partial charge in [-0.15, -0.1) is 11.3 Å². The third-order valence-corrected chi connectivity index (χ3v) is 3.77. The molecule has 1 N–H and O–H groups in total. The highest BCUT2D eigenvalue weighted by Crippen LogP contribution is 2.21. The minimum absolute atomic E-state index is 0.118. The molecule has 5 nitrogen and oxygen atoms in total. The Labute approximate surface area is 131 Å². The molecule has 0 saturated heterocycles. The first-order valence-electron chi connectivity index (χ1n) is 6.20. The van der Waals surface area contributed by atoms with Crippen LogP contribution in [0.3, 0.4) is 0 Å². The van der Waals surface area contributed by atoms with Gasteiger partial charge in [0, 0.05) is 11.4 Å². The number of halogens is 2. The van der Waals surface area contributed by atoms with Crippen molar-refractivity contribution >= 4 is 40.5 Å². The summed E-state index contributed by atoms with van der Waals surface area (Å²) in [6.45, 7) is 3.24. The average Bonchev–Trinajstić information content (AvgIpc) is 2.81. The van der Waals surface area contributed by atoms with Crippen LogP contribution in [0.1, 0.15) is 18.2 Å². The number of anilines is 1. The van der Waals surface area contributed by atoms with E-state index in [1.807, 2.05) is 19.1 Å². The maximum absolute atomic E-state index is 5.88. The van der Waals surface area contributed by atoms with Crippen LogP contribution in [-0.2, 0) is 6.42 Å². The zero-order valence-corrected chi connectivity index (χ0v) is 13.2. The molecular weight excluding hydrogens is 319 g/mol. The predicted molar refractivity (Wildman–Crippen MR) is 82.1 cm³/mol. The topological polar surface area (TPSA) is 59.9 Å². The van der Waals surface area contributed by atoms with Crippen LogP contribution < -0.4 is 10.1 Å². The number of ether oxygens (including phenoxy) is 1. The average molecular weight is 333 g/mol. The van der Waals surface area contributed by atoms with Gasteiger partial charge in [-0.1, -0.05) is 18.5 Å². The SMILES string of the molecule is CCCOc1nc(Cl)nc(NCCc2ccc(Cl)s2)n1. The Morgan fingerprint density at radius 3 is 2.80 bits per heavy atom. The highest BCUT2D eigenvalue weighted by molar-refractivity contribution is 7.16. The fourth-order valence-corrected chi connectivity index (χ4v) is 2.69. The molecule has 2 rings (SSSR count). The van der Waals surface area contributed by atoms with Crippen LogP contribution in [0.15, 0.2) is 12.1 Å². The quantitative estimate of drug-likeness (QED) is 0.837. The Balaban J connectivity index is 1.89. The largest absolute Gasteiger partial charge is 0.463 e. The van der Waals surface area contributed by atoms with Crippen LogP contribution in [0.25, 0.3) is 0 Å². The molecule has 0 aliphatic carbocycles. The molecule has 2 aromatic heterocycles. The smallest absolute Gasteiger partial charge is 0.322 e. The first-order chi connectivity index (χ1) is 9.67. The molecule has 0 aromatic carbocycles. The standard InChI is InChI=1S/C12H14Cl2N4OS/c1-2-7-19-12-17-10(14)16-11(18-12)15-6-5-8-3-4-9(13)20-8/h3-4H,2,5-7H2,1H3,(H,15,16,17,18). The highest BCUT2D eigenvalue weighted by atomic mass is 35.5. The van der Waals surface area contributed by atoms with E-state index in [2.05, 4.69) is 20.3 Å². The van der Waals surface area contributed by atoms with Gasteiger partial charge in [0.25, 0.3) is 0 Å². The first-order valence-corrected chi connectivity index (χ1v) is 7.77. The van der Waals surface area contributed by atoms with Gasteiger partial charge in [0.15, 0.2) is 0 Å². The van der Waals surface area contributed by atoms with Gasteiger partial charge >= 0.3 is 6.01 Å². The third-order valence-electron chi connectivity index (χ3n) is 2.31. The van der Waals surface area contributed by atoms with Crippen LogP contribution in [-0.4, -0.2) is 28.1 Å². The molecule has 0 amide bonds. The Hall–Kier alpha value is -1.11. The van der Waals surface area contributed by atoms with E-state index in [0.717, 1.165) is 17.2 Å². The van der Waals surface area contributed by atoms with Crippen molar-refractivity contribution < 1.29 is 4.74 Å². The van der Waals surface area contributed by atoms with E-state index >= 15 is 0 Å². The fraction of sp³-hybridized carbons (Fsp3) is 0.417.